The number of hydrogen-bond donors (Lipinski definition) is 2. The van der Waals surface area contributed by atoms with Crippen molar-refractivity contribution in [2.24, 2.45) is 0 Å². The minimum Gasteiger partial charge on any atom is -0.497 e. The van der Waals surface area contributed by atoms with Gasteiger partial charge in [-0.3, -0.25) is 9.59 Å². The van der Waals surface area contributed by atoms with Crippen molar-refractivity contribution in [3.8, 4) is 5.75 Å². The van der Waals surface area contributed by atoms with Gasteiger partial charge in [0.15, 0.2) is 0 Å². The summed E-state index contributed by atoms with van der Waals surface area (Å²) in [7, 11) is 4.31. The molecular formula is C22H30F2N2O4. The number of aliphatic hydroxyl groups is 1. The predicted octanol–water partition coefficient (Wildman–Crippen LogP) is 3.32. The molecule has 0 aliphatic rings. The summed E-state index contributed by atoms with van der Waals surface area (Å²) in [6, 6.07) is 10.5. The van der Waals surface area contributed by atoms with E-state index in [2.05, 4.69) is 5.32 Å². The van der Waals surface area contributed by atoms with Crippen LogP contribution in [-0.4, -0.2) is 44.7 Å². The Morgan fingerprint density at radius 1 is 1.17 bits per heavy atom. The van der Waals surface area contributed by atoms with E-state index in [1.807, 2.05) is 24.3 Å². The number of methoxy groups -OCH3 is 1. The summed E-state index contributed by atoms with van der Waals surface area (Å²) in [5, 5.41) is 9.73. The number of ether oxygens (including phenoxy) is 1. The zero-order valence-electron chi connectivity index (χ0n) is 18.0. The van der Waals surface area contributed by atoms with E-state index in [0.717, 1.165) is 31.0 Å². The van der Waals surface area contributed by atoms with Crippen LogP contribution < -0.4 is 15.0 Å². The van der Waals surface area contributed by atoms with Crippen molar-refractivity contribution in [1.82, 2.24) is 5.32 Å². The number of nitrogens with zero attached hydrogens (tertiary/aromatic N) is 1. The maximum atomic E-state index is 12.9. The second-order valence-corrected chi connectivity index (χ2v) is 6.22. The van der Waals surface area contributed by atoms with Crippen LogP contribution in [0, 0.1) is 11.6 Å². The molecule has 2 aromatic carbocycles. The molecule has 30 heavy (non-hydrogen) atoms. The molecule has 0 spiro atoms. The van der Waals surface area contributed by atoms with Crippen LogP contribution in [0.3, 0.4) is 0 Å². The van der Waals surface area contributed by atoms with Gasteiger partial charge in [0.1, 0.15) is 17.4 Å². The first kappa shape index (κ1) is 27.0. The summed E-state index contributed by atoms with van der Waals surface area (Å²) in [4.78, 5) is 22.9. The third-order valence-corrected chi connectivity index (χ3v) is 3.83. The molecule has 0 fully saturated rings. The normalized spacial score (nSPS) is 10.4. The molecule has 8 heteroatoms. The quantitative estimate of drug-likeness (QED) is 0.669. The van der Waals surface area contributed by atoms with Crippen molar-refractivity contribution in [2.45, 2.75) is 32.7 Å². The number of nitrogens with one attached hydrogen (secondary N) is 1. The van der Waals surface area contributed by atoms with Gasteiger partial charge >= 0.3 is 0 Å². The summed E-state index contributed by atoms with van der Waals surface area (Å²) < 4.78 is 30.7. The Balaban J connectivity index is 0.000000535. The first-order valence-electron chi connectivity index (χ1n) is 9.30. The van der Waals surface area contributed by atoms with Gasteiger partial charge in [0.25, 0.3) is 0 Å². The van der Waals surface area contributed by atoms with Crippen LogP contribution in [0.15, 0.2) is 42.5 Å². The molecule has 0 aliphatic carbocycles. The second-order valence-electron chi connectivity index (χ2n) is 6.22. The molecule has 6 nitrogen and oxygen atoms in total. The molecule has 0 radical (unpaired) electrons. The minimum absolute atomic E-state index is 0.0654. The van der Waals surface area contributed by atoms with Crippen LogP contribution in [0.5, 0.6) is 5.75 Å². The number of anilines is 1. The van der Waals surface area contributed by atoms with E-state index in [4.69, 9.17) is 9.84 Å². The number of aliphatic hydroxyl groups excluding tert-OH is 1. The zero-order chi connectivity index (χ0) is 23.1. The fraction of sp³-hybridized carbons (Fsp3) is 0.364. The molecule has 166 valence electrons. The van der Waals surface area contributed by atoms with Crippen molar-refractivity contribution < 1.29 is 28.2 Å². The van der Waals surface area contributed by atoms with Gasteiger partial charge in [0.2, 0.25) is 12.3 Å². The van der Waals surface area contributed by atoms with Gasteiger partial charge in [0, 0.05) is 38.4 Å². The maximum absolute atomic E-state index is 12.9. The molecule has 0 bridgehead atoms. The van der Waals surface area contributed by atoms with E-state index < -0.39 is 11.6 Å². The fourth-order valence-electron chi connectivity index (χ4n) is 2.39. The van der Waals surface area contributed by atoms with Gasteiger partial charge in [-0.05, 0) is 55.3 Å². The molecule has 2 amide bonds. The molecule has 0 saturated carbocycles. The first-order valence-corrected chi connectivity index (χ1v) is 9.30. The smallest absolute Gasteiger partial charge is 0.219 e. The maximum Gasteiger partial charge on any atom is 0.219 e. The number of carbonyl (C=O) groups is 2. The lowest BCUT2D eigenvalue weighted by Crippen LogP contribution is -2.33. The topological polar surface area (TPSA) is 78.9 Å². The van der Waals surface area contributed by atoms with Gasteiger partial charge in [0.05, 0.1) is 7.11 Å². The molecule has 0 saturated heterocycles. The van der Waals surface area contributed by atoms with E-state index >= 15 is 0 Å². The average Bonchev–Trinajstić information content (AvgIpc) is 2.74. The summed E-state index contributed by atoms with van der Waals surface area (Å²) in [5.74, 6) is -0.463. The van der Waals surface area contributed by atoms with E-state index in [9.17, 15) is 18.4 Å². The summed E-state index contributed by atoms with van der Waals surface area (Å²) in [6.07, 6.45) is 1.59. The molecule has 1 atom stereocenters. The summed E-state index contributed by atoms with van der Waals surface area (Å²) in [5.41, 5.74) is 1.40. The van der Waals surface area contributed by atoms with Gasteiger partial charge in [-0.25, -0.2) is 8.78 Å². The monoisotopic (exact) mass is 424 g/mol. The summed E-state index contributed by atoms with van der Waals surface area (Å²) >= 11 is 0. The number of rotatable bonds is 7. The highest BCUT2D eigenvalue weighted by atomic mass is 19.1. The Morgan fingerprint density at radius 2 is 1.70 bits per heavy atom. The third kappa shape index (κ3) is 10.5. The van der Waals surface area contributed by atoms with Gasteiger partial charge < -0.3 is 20.1 Å². The highest BCUT2D eigenvalue weighted by molar-refractivity contribution is 5.75. The Kier molecular flexibility index (Phi) is 13.4. The lowest BCUT2D eigenvalue weighted by atomic mass is 10.1. The Hall–Kier alpha value is -3.00. The second kappa shape index (κ2) is 14.9. The number of halogens is 2. The van der Waals surface area contributed by atoms with Crippen LogP contribution in [0.4, 0.5) is 14.5 Å². The number of amides is 2. The zero-order valence-corrected chi connectivity index (χ0v) is 18.0. The minimum atomic E-state index is -0.594. The van der Waals surface area contributed by atoms with E-state index in [-0.39, 0.29) is 11.9 Å². The van der Waals surface area contributed by atoms with Crippen molar-refractivity contribution in [1.29, 1.82) is 0 Å². The van der Waals surface area contributed by atoms with Crippen molar-refractivity contribution in [3.05, 3.63) is 59.7 Å². The lowest BCUT2D eigenvalue weighted by molar-refractivity contribution is -0.121. The SMILES string of the molecule is CCC(=O)NC(C)Cc1cc(F)cc(F)c1.CO.COc1ccc(N(C)C=O)cc1. The fourth-order valence-corrected chi connectivity index (χ4v) is 2.39. The number of benzene rings is 2. The molecule has 1 unspecified atom stereocenters. The molecule has 0 aromatic heterocycles. The molecule has 2 aromatic rings. The molecule has 0 heterocycles. The molecular weight excluding hydrogens is 394 g/mol. The molecule has 0 aliphatic heterocycles. The van der Waals surface area contributed by atoms with E-state index in [1.54, 1.807) is 28.0 Å². The number of hydrogen-bond acceptors (Lipinski definition) is 4. The van der Waals surface area contributed by atoms with Crippen molar-refractivity contribution in [2.75, 3.05) is 26.2 Å². The largest absolute Gasteiger partial charge is 0.497 e. The lowest BCUT2D eigenvalue weighted by Gasteiger charge is -2.13. The van der Waals surface area contributed by atoms with Gasteiger partial charge in [-0.1, -0.05) is 6.92 Å². The third-order valence-electron chi connectivity index (χ3n) is 3.83. The van der Waals surface area contributed by atoms with E-state index in [0.29, 0.717) is 18.4 Å². The van der Waals surface area contributed by atoms with Crippen LogP contribution in [0.25, 0.3) is 0 Å². The highest BCUT2D eigenvalue weighted by Crippen LogP contribution is 2.16. The predicted molar refractivity (Wildman–Crippen MR) is 114 cm³/mol. The van der Waals surface area contributed by atoms with Crippen LogP contribution in [0.2, 0.25) is 0 Å². The Morgan fingerprint density at radius 3 is 2.13 bits per heavy atom. The van der Waals surface area contributed by atoms with Crippen LogP contribution in [0.1, 0.15) is 25.8 Å². The van der Waals surface area contributed by atoms with Crippen molar-refractivity contribution >= 4 is 18.0 Å². The van der Waals surface area contributed by atoms with E-state index in [1.165, 1.54) is 17.0 Å². The number of carbonyl (C=O) groups excluding carboxylic acids is 2. The van der Waals surface area contributed by atoms with Crippen molar-refractivity contribution in [3.63, 3.8) is 0 Å². The first-order chi connectivity index (χ1) is 14.3. The van der Waals surface area contributed by atoms with Crippen LogP contribution in [-0.2, 0) is 16.0 Å². The highest BCUT2D eigenvalue weighted by Gasteiger charge is 2.08. The van der Waals surface area contributed by atoms with Gasteiger partial charge in [-0.2, -0.15) is 0 Å². The standard InChI is InChI=1S/C12H15F2NO.C9H11NO2.CH4O/c1-3-12(16)15-8(2)4-9-5-10(13)7-11(14)6-9;1-10(7-11)8-3-5-9(12-2)6-4-8;1-2/h5-8H,3-4H2,1-2H3,(H,15,16);3-7H,1-2H3;2H,1H3. The molecule has 2 rings (SSSR count). The molecule has 2 N–H and O–H groups in total. The summed E-state index contributed by atoms with van der Waals surface area (Å²) in [6.45, 7) is 3.56. The van der Waals surface area contributed by atoms with Crippen LogP contribution >= 0.6 is 0 Å². The average molecular weight is 424 g/mol. The Bertz CT molecular complexity index is 750. The van der Waals surface area contributed by atoms with Gasteiger partial charge in [-0.15, -0.1) is 0 Å². The Labute approximate surface area is 176 Å².